The molecule has 0 aliphatic carbocycles. The van der Waals surface area contributed by atoms with Crippen LogP contribution in [0.4, 0.5) is 0 Å². The zero-order chi connectivity index (χ0) is 14.9. The minimum absolute atomic E-state index is 0.0102. The maximum absolute atomic E-state index is 11.8. The number of sulfonamides is 1. The summed E-state index contributed by atoms with van der Waals surface area (Å²) in [6.07, 6.45) is 4.36. The van der Waals surface area contributed by atoms with Crippen molar-refractivity contribution in [2.75, 3.05) is 19.3 Å². The van der Waals surface area contributed by atoms with Gasteiger partial charge in [0.25, 0.3) is 5.56 Å². The summed E-state index contributed by atoms with van der Waals surface area (Å²) in [6, 6.07) is 2.43. The second-order valence-corrected chi connectivity index (χ2v) is 6.48. The largest absolute Gasteiger partial charge is 0.478 e. The third-order valence-corrected chi connectivity index (χ3v) is 4.35. The zero-order valence-electron chi connectivity index (χ0n) is 10.8. The Morgan fingerprint density at radius 3 is 2.55 bits per heavy atom. The van der Waals surface area contributed by atoms with Crippen LogP contribution in [0.1, 0.15) is 16.8 Å². The van der Waals surface area contributed by atoms with Gasteiger partial charge in [-0.25, -0.2) is 13.2 Å². The number of aromatic carboxylic acids is 1. The van der Waals surface area contributed by atoms with Gasteiger partial charge in [0.15, 0.2) is 0 Å². The first-order valence-electron chi connectivity index (χ1n) is 5.89. The first-order chi connectivity index (χ1) is 9.29. The van der Waals surface area contributed by atoms with Crippen LogP contribution in [0, 0.1) is 0 Å². The molecule has 20 heavy (non-hydrogen) atoms. The number of carboxylic acid groups (broad SMARTS) is 1. The quantitative estimate of drug-likeness (QED) is 0.850. The number of rotatable bonds is 3. The van der Waals surface area contributed by atoms with Crippen LogP contribution in [0.25, 0.3) is 5.70 Å². The zero-order valence-corrected chi connectivity index (χ0v) is 11.6. The van der Waals surface area contributed by atoms with Gasteiger partial charge in [-0.15, -0.1) is 0 Å². The third kappa shape index (κ3) is 2.97. The smallest absolute Gasteiger partial charge is 0.337 e. The minimum Gasteiger partial charge on any atom is -0.478 e. The van der Waals surface area contributed by atoms with Crippen molar-refractivity contribution in [3.63, 3.8) is 0 Å². The lowest BCUT2D eigenvalue weighted by molar-refractivity contribution is 0.0696. The molecule has 1 aliphatic heterocycles. The fraction of sp³-hybridized carbons (Fsp3) is 0.333. The molecule has 1 aromatic rings. The first-order valence-corrected chi connectivity index (χ1v) is 7.74. The lowest BCUT2D eigenvalue weighted by Crippen LogP contribution is -2.35. The van der Waals surface area contributed by atoms with Crippen LogP contribution >= 0.6 is 0 Å². The number of hydrogen-bond acceptors (Lipinski definition) is 4. The van der Waals surface area contributed by atoms with Gasteiger partial charge in [0.2, 0.25) is 10.0 Å². The van der Waals surface area contributed by atoms with Gasteiger partial charge < -0.3 is 5.11 Å². The van der Waals surface area contributed by atoms with E-state index in [2.05, 4.69) is 0 Å². The average molecular weight is 298 g/mol. The Balaban J connectivity index is 2.35. The molecule has 0 aromatic carbocycles. The van der Waals surface area contributed by atoms with E-state index in [0.717, 1.165) is 6.26 Å². The molecule has 8 heteroatoms. The molecule has 0 bridgehead atoms. The monoisotopic (exact) mass is 298 g/mol. The minimum atomic E-state index is -3.26. The van der Waals surface area contributed by atoms with Crippen molar-refractivity contribution in [3.8, 4) is 0 Å². The standard InChI is InChI=1S/C12H14N2O5S/c1-20(18,19)13-6-4-10(5-7-13)14-8-9(12(16)17)2-3-11(14)15/h2-4,8H,5-7H2,1H3,(H,16,17). The van der Waals surface area contributed by atoms with Gasteiger partial charge >= 0.3 is 5.97 Å². The van der Waals surface area contributed by atoms with Crippen molar-refractivity contribution in [1.29, 1.82) is 0 Å². The molecule has 0 saturated carbocycles. The second kappa shape index (κ2) is 5.22. The van der Waals surface area contributed by atoms with Gasteiger partial charge in [0.05, 0.1) is 11.8 Å². The van der Waals surface area contributed by atoms with E-state index in [4.69, 9.17) is 5.11 Å². The van der Waals surface area contributed by atoms with E-state index in [9.17, 15) is 18.0 Å². The molecular formula is C12H14N2O5S. The highest BCUT2D eigenvalue weighted by Gasteiger charge is 2.20. The van der Waals surface area contributed by atoms with Gasteiger partial charge in [-0.2, -0.15) is 4.31 Å². The topological polar surface area (TPSA) is 96.7 Å². The molecule has 2 heterocycles. The summed E-state index contributed by atoms with van der Waals surface area (Å²) < 4.78 is 25.3. The Hall–Kier alpha value is -1.93. The van der Waals surface area contributed by atoms with Crippen LogP contribution in [-0.2, 0) is 10.0 Å². The summed E-state index contributed by atoms with van der Waals surface area (Å²) in [5, 5.41) is 8.92. The van der Waals surface area contributed by atoms with E-state index in [1.54, 1.807) is 6.08 Å². The summed E-state index contributed by atoms with van der Waals surface area (Å²) in [6.45, 7) is 0.451. The van der Waals surface area contributed by atoms with E-state index < -0.39 is 16.0 Å². The molecule has 7 nitrogen and oxygen atoms in total. The lowest BCUT2D eigenvalue weighted by atomic mass is 10.2. The molecule has 0 amide bonds. The Morgan fingerprint density at radius 1 is 1.35 bits per heavy atom. The molecule has 2 rings (SSSR count). The van der Waals surface area contributed by atoms with Crippen molar-refractivity contribution in [2.24, 2.45) is 0 Å². The lowest BCUT2D eigenvalue weighted by Gasteiger charge is -2.24. The summed E-state index contributed by atoms with van der Waals surface area (Å²) in [5.41, 5.74) is 0.281. The van der Waals surface area contributed by atoms with Crippen molar-refractivity contribution < 1.29 is 18.3 Å². The Bertz CT molecular complexity index is 732. The van der Waals surface area contributed by atoms with Crippen molar-refractivity contribution in [3.05, 3.63) is 40.3 Å². The highest BCUT2D eigenvalue weighted by Crippen LogP contribution is 2.16. The SMILES string of the molecule is CS(=O)(=O)N1CC=C(n2cc(C(=O)O)ccc2=O)CC1. The van der Waals surface area contributed by atoms with E-state index in [-0.39, 0.29) is 24.2 Å². The van der Waals surface area contributed by atoms with Crippen LogP contribution in [0.3, 0.4) is 0 Å². The number of carbonyl (C=O) groups is 1. The fourth-order valence-corrected chi connectivity index (χ4v) is 2.77. The molecule has 0 radical (unpaired) electrons. The highest BCUT2D eigenvalue weighted by atomic mass is 32.2. The second-order valence-electron chi connectivity index (χ2n) is 4.50. The fourth-order valence-electron chi connectivity index (χ4n) is 2.00. The molecule has 0 saturated heterocycles. The summed E-state index contributed by atoms with van der Waals surface area (Å²) in [5.74, 6) is -1.12. The molecule has 0 fully saturated rings. The number of nitrogens with zero attached hydrogens (tertiary/aromatic N) is 2. The molecule has 1 aliphatic rings. The van der Waals surface area contributed by atoms with Gasteiger partial charge in [-0.05, 0) is 12.1 Å². The van der Waals surface area contributed by atoms with Gasteiger partial charge in [0, 0.05) is 37.5 Å². The number of aromatic nitrogens is 1. The van der Waals surface area contributed by atoms with Crippen molar-refractivity contribution in [2.45, 2.75) is 6.42 Å². The number of hydrogen-bond donors (Lipinski definition) is 1. The molecule has 108 valence electrons. The Labute approximate surface area is 115 Å². The maximum atomic E-state index is 11.8. The summed E-state index contributed by atoms with van der Waals surface area (Å²) in [7, 11) is -3.26. The molecule has 0 unspecified atom stereocenters. The normalized spacial score (nSPS) is 16.8. The Morgan fingerprint density at radius 2 is 2.05 bits per heavy atom. The summed E-state index contributed by atoms with van der Waals surface area (Å²) >= 11 is 0. The van der Waals surface area contributed by atoms with Crippen LogP contribution in [0.15, 0.2) is 29.2 Å². The van der Waals surface area contributed by atoms with Gasteiger partial charge in [-0.3, -0.25) is 9.36 Å². The van der Waals surface area contributed by atoms with Crippen LogP contribution in [-0.4, -0.2) is 47.7 Å². The van der Waals surface area contributed by atoms with Crippen LogP contribution < -0.4 is 5.56 Å². The molecule has 0 atom stereocenters. The van der Waals surface area contributed by atoms with E-state index in [1.165, 1.54) is 27.2 Å². The predicted molar refractivity (Wildman–Crippen MR) is 73.0 cm³/mol. The van der Waals surface area contributed by atoms with Crippen molar-refractivity contribution >= 4 is 21.7 Å². The molecule has 1 N–H and O–H groups in total. The van der Waals surface area contributed by atoms with E-state index in [1.807, 2.05) is 0 Å². The molecule has 0 spiro atoms. The number of pyridine rings is 1. The summed E-state index contributed by atoms with van der Waals surface area (Å²) in [4.78, 5) is 22.7. The molecule has 1 aromatic heterocycles. The average Bonchev–Trinajstić information content (AvgIpc) is 2.38. The van der Waals surface area contributed by atoms with E-state index in [0.29, 0.717) is 12.1 Å². The van der Waals surface area contributed by atoms with E-state index >= 15 is 0 Å². The number of carboxylic acids is 1. The van der Waals surface area contributed by atoms with Crippen molar-refractivity contribution in [1.82, 2.24) is 8.87 Å². The maximum Gasteiger partial charge on any atom is 0.337 e. The predicted octanol–water partition coefficient (Wildman–Crippen LogP) is 0.0527. The van der Waals surface area contributed by atoms with Gasteiger partial charge in [-0.1, -0.05) is 0 Å². The first kappa shape index (κ1) is 14.5. The van der Waals surface area contributed by atoms with Gasteiger partial charge in [0.1, 0.15) is 0 Å². The third-order valence-electron chi connectivity index (χ3n) is 3.08. The molecular weight excluding hydrogens is 284 g/mol. The Kier molecular flexibility index (Phi) is 3.78. The highest BCUT2D eigenvalue weighted by molar-refractivity contribution is 7.88. The van der Waals surface area contributed by atoms with Crippen LogP contribution in [0.5, 0.6) is 0 Å². The van der Waals surface area contributed by atoms with Crippen LogP contribution in [0.2, 0.25) is 0 Å².